The van der Waals surface area contributed by atoms with Gasteiger partial charge < -0.3 is 0 Å². The van der Waals surface area contributed by atoms with Crippen LogP contribution in [0.4, 0.5) is 0 Å². The molecule has 2 atom stereocenters. The summed E-state index contributed by atoms with van der Waals surface area (Å²) in [5, 5.41) is 0. The first kappa shape index (κ1) is 15.4. The quantitative estimate of drug-likeness (QED) is 0.480. The molecule has 0 aliphatic heterocycles. The molecule has 1 aliphatic rings. The van der Waals surface area contributed by atoms with Crippen LogP contribution >= 0.6 is 0 Å². The molecule has 1 nitrogen and oxygen atoms in total. The van der Waals surface area contributed by atoms with E-state index in [4.69, 9.17) is 0 Å². The number of hydrogen-bond acceptors (Lipinski definition) is 1. The number of rotatable bonds is 4. The van der Waals surface area contributed by atoms with Gasteiger partial charge in [-0.2, -0.15) is 0 Å². The van der Waals surface area contributed by atoms with Crippen molar-refractivity contribution in [2.75, 3.05) is 0 Å². The fourth-order valence-electron chi connectivity index (χ4n) is 2.35. The van der Waals surface area contributed by atoms with Crippen molar-refractivity contribution in [3.8, 4) is 0 Å². The van der Waals surface area contributed by atoms with Crippen LogP contribution in [0.1, 0.15) is 34.1 Å². The number of allylic oxidation sites excluding steroid dienone is 9. The summed E-state index contributed by atoms with van der Waals surface area (Å²) in [4.78, 5) is 3.86. The van der Waals surface area contributed by atoms with Crippen LogP contribution < -0.4 is 0 Å². The fraction of sp³-hybridized carbons (Fsp3) is 0.389. The van der Waals surface area contributed by atoms with E-state index in [1.807, 2.05) is 0 Å². The highest BCUT2D eigenvalue weighted by Crippen LogP contribution is 2.45. The highest BCUT2D eigenvalue weighted by Gasteiger charge is 2.36. The molecule has 19 heavy (non-hydrogen) atoms. The molecule has 0 fully saturated rings. The monoisotopic (exact) mass is 255 g/mol. The first-order chi connectivity index (χ1) is 8.97. The van der Waals surface area contributed by atoms with Gasteiger partial charge in [-0.3, -0.25) is 4.99 Å². The molecule has 1 aliphatic carbocycles. The average Bonchev–Trinajstić information content (AvgIpc) is 2.34. The summed E-state index contributed by atoms with van der Waals surface area (Å²) in [5.41, 5.74) is 1.19. The van der Waals surface area contributed by atoms with Crippen molar-refractivity contribution < 1.29 is 0 Å². The van der Waals surface area contributed by atoms with Crippen molar-refractivity contribution in [2.45, 2.75) is 34.1 Å². The summed E-state index contributed by atoms with van der Waals surface area (Å²) in [5.74, 6) is 0. The molecule has 1 rings (SSSR count). The number of hydrogen-bond donors (Lipinski definition) is 0. The third-order valence-corrected chi connectivity index (χ3v) is 3.93. The predicted octanol–water partition coefficient (Wildman–Crippen LogP) is 5.25. The third kappa shape index (κ3) is 3.66. The normalized spacial score (nSPS) is 31.5. The van der Waals surface area contributed by atoms with Gasteiger partial charge in [-0.15, -0.1) is 0 Å². The molecule has 2 unspecified atom stereocenters. The number of nitrogens with zero attached hydrogens (tertiary/aromatic N) is 1. The minimum atomic E-state index is -0.116. The minimum absolute atomic E-state index is 0.0715. The minimum Gasteiger partial charge on any atom is -0.273 e. The summed E-state index contributed by atoms with van der Waals surface area (Å²) < 4.78 is 0. The van der Waals surface area contributed by atoms with Gasteiger partial charge >= 0.3 is 0 Å². The summed E-state index contributed by atoms with van der Waals surface area (Å²) >= 11 is 0. The van der Waals surface area contributed by atoms with E-state index in [1.165, 1.54) is 5.57 Å². The molecule has 0 aromatic rings. The molecular formula is C18H25N. The molecule has 1 heteroatoms. The van der Waals surface area contributed by atoms with E-state index >= 15 is 0 Å². The van der Waals surface area contributed by atoms with E-state index in [9.17, 15) is 0 Å². The molecule has 0 bridgehead atoms. The zero-order valence-corrected chi connectivity index (χ0v) is 12.6. The second-order valence-electron chi connectivity index (χ2n) is 5.54. The van der Waals surface area contributed by atoms with E-state index in [-0.39, 0.29) is 10.8 Å². The van der Waals surface area contributed by atoms with Crippen LogP contribution in [0, 0.1) is 10.8 Å². The standard InChI is InChI=1S/C18H25N/c1-6-11-17(3,14-15-19-5)18(4)12-7-9-16(2)10-8-13-18/h6-9,11-15H,5,10H2,1-4H3/b11-6-,12-7-,13-8?,15-14-,16-9-. The van der Waals surface area contributed by atoms with Gasteiger partial charge in [-0.25, -0.2) is 0 Å². The second kappa shape index (κ2) is 6.51. The Morgan fingerprint density at radius 1 is 1.37 bits per heavy atom. The molecule has 0 radical (unpaired) electrons. The van der Waals surface area contributed by atoms with E-state index in [0.29, 0.717) is 0 Å². The van der Waals surface area contributed by atoms with Gasteiger partial charge in [0, 0.05) is 17.0 Å². The Balaban J connectivity index is 3.27. The van der Waals surface area contributed by atoms with E-state index in [0.717, 1.165) is 6.42 Å². The molecular weight excluding hydrogens is 230 g/mol. The second-order valence-corrected chi connectivity index (χ2v) is 5.54. The van der Waals surface area contributed by atoms with Crippen LogP contribution in [0.3, 0.4) is 0 Å². The molecule has 0 N–H and O–H groups in total. The molecule has 102 valence electrons. The summed E-state index contributed by atoms with van der Waals surface area (Å²) in [6.45, 7) is 12.2. The van der Waals surface area contributed by atoms with Crippen LogP contribution in [0.15, 0.2) is 65.4 Å². The first-order valence-corrected chi connectivity index (χ1v) is 6.77. The Labute approximate surface area is 117 Å². The zero-order valence-electron chi connectivity index (χ0n) is 12.6. The summed E-state index contributed by atoms with van der Waals surface area (Å²) in [7, 11) is 0. The zero-order chi connectivity index (χ0) is 14.4. The molecule has 0 saturated carbocycles. The van der Waals surface area contributed by atoms with Crippen LogP contribution in [0.25, 0.3) is 0 Å². The Morgan fingerprint density at radius 2 is 2.11 bits per heavy atom. The van der Waals surface area contributed by atoms with E-state index in [1.54, 1.807) is 6.20 Å². The maximum Gasteiger partial charge on any atom is 0.0229 e. The largest absolute Gasteiger partial charge is 0.273 e. The Bertz CT molecular complexity index is 462. The predicted molar refractivity (Wildman–Crippen MR) is 86.4 cm³/mol. The van der Waals surface area contributed by atoms with Crippen molar-refractivity contribution in [1.82, 2.24) is 0 Å². The Hall–Kier alpha value is -1.63. The van der Waals surface area contributed by atoms with Crippen LogP contribution in [-0.2, 0) is 0 Å². The van der Waals surface area contributed by atoms with Crippen molar-refractivity contribution in [3.05, 3.63) is 60.4 Å². The SMILES string of the molecule is C=N/C=C\C(C)(/C=C\C)C1(C)C=CC/C(C)=C\C=C/1. The van der Waals surface area contributed by atoms with E-state index < -0.39 is 0 Å². The number of aliphatic imine (C=N–C) groups is 1. The molecule has 0 heterocycles. The lowest BCUT2D eigenvalue weighted by Crippen LogP contribution is -2.31. The molecule has 0 amide bonds. The first-order valence-electron chi connectivity index (χ1n) is 6.77. The van der Waals surface area contributed by atoms with Crippen molar-refractivity contribution in [1.29, 1.82) is 0 Å². The van der Waals surface area contributed by atoms with E-state index in [2.05, 4.69) is 88.0 Å². The Morgan fingerprint density at radius 3 is 2.74 bits per heavy atom. The molecule has 0 aromatic carbocycles. The highest BCUT2D eigenvalue weighted by atomic mass is 14.6. The molecule has 0 saturated heterocycles. The van der Waals surface area contributed by atoms with Gasteiger partial charge in [-0.05, 0) is 27.0 Å². The van der Waals surface area contributed by atoms with Gasteiger partial charge in [0.2, 0.25) is 0 Å². The maximum absolute atomic E-state index is 3.86. The smallest absolute Gasteiger partial charge is 0.0229 e. The fourth-order valence-corrected chi connectivity index (χ4v) is 2.35. The van der Waals surface area contributed by atoms with Crippen molar-refractivity contribution >= 4 is 6.72 Å². The van der Waals surface area contributed by atoms with Gasteiger partial charge in [0.1, 0.15) is 0 Å². The van der Waals surface area contributed by atoms with Gasteiger partial charge in [0.15, 0.2) is 0 Å². The van der Waals surface area contributed by atoms with Gasteiger partial charge in [0.05, 0.1) is 0 Å². The lowest BCUT2D eigenvalue weighted by molar-refractivity contribution is 0.314. The topological polar surface area (TPSA) is 12.4 Å². The summed E-state index contributed by atoms with van der Waals surface area (Å²) in [6, 6.07) is 0. The maximum atomic E-state index is 3.86. The van der Waals surface area contributed by atoms with Crippen molar-refractivity contribution in [3.63, 3.8) is 0 Å². The van der Waals surface area contributed by atoms with Crippen LogP contribution in [0.2, 0.25) is 0 Å². The van der Waals surface area contributed by atoms with Crippen LogP contribution in [0.5, 0.6) is 0 Å². The molecule has 0 aromatic heterocycles. The van der Waals surface area contributed by atoms with Gasteiger partial charge in [-0.1, -0.05) is 68.0 Å². The van der Waals surface area contributed by atoms with Crippen molar-refractivity contribution in [2.24, 2.45) is 15.8 Å². The molecule has 0 spiro atoms. The third-order valence-electron chi connectivity index (χ3n) is 3.93. The summed E-state index contributed by atoms with van der Waals surface area (Å²) in [6.07, 6.45) is 20.4. The highest BCUT2D eigenvalue weighted by molar-refractivity contribution is 5.32. The van der Waals surface area contributed by atoms with Crippen LogP contribution in [-0.4, -0.2) is 6.72 Å². The van der Waals surface area contributed by atoms with Gasteiger partial charge in [0.25, 0.3) is 0 Å². The Kier molecular flexibility index (Phi) is 5.29. The lowest BCUT2D eigenvalue weighted by Gasteiger charge is -2.39. The average molecular weight is 255 g/mol. The lowest BCUT2D eigenvalue weighted by atomic mass is 9.64.